The van der Waals surface area contributed by atoms with Crippen molar-refractivity contribution in [3.05, 3.63) is 0 Å². The van der Waals surface area contributed by atoms with Crippen LogP contribution in [0.4, 0.5) is 4.39 Å². The highest BCUT2D eigenvalue weighted by Gasteiger charge is 2.29. The third-order valence-corrected chi connectivity index (χ3v) is 6.73. The summed E-state index contributed by atoms with van der Waals surface area (Å²) in [6, 6.07) is 0. The SMILES string of the molecule is CC.CC(C#CC1CCC(C2CCC(C)CC2)CC1)CCC(C)CCF. The monoisotopic (exact) mass is 364 g/mol. The zero-order valence-electron chi connectivity index (χ0n) is 18.3. The Labute approximate surface area is 164 Å². The molecular weight excluding hydrogens is 319 g/mol. The number of hydrogen-bond acceptors (Lipinski definition) is 0. The van der Waals surface area contributed by atoms with Crippen molar-refractivity contribution in [2.24, 2.45) is 35.5 Å². The molecule has 0 saturated heterocycles. The summed E-state index contributed by atoms with van der Waals surface area (Å²) in [6.45, 7) is 10.6. The van der Waals surface area contributed by atoms with Gasteiger partial charge in [0.25, 0.3) is 0 Å². The summed E-state index contributed by atoms with van der Waals surface area (Å²) in [4.78, 5) is 0. The van der Waals surface area contributed by atoms with Crippen LogP contribution in [0.25, 0.3) is 0 Å². The first kappa shape index (κ1) is 23.5. The van der Waals surface area contributed by atoms with E-state index in [0.717, 1.165) is 30.6 Å². The topological polar surface area (TPSA) is 0 Å². The summed E-state index contributed by atoms with van der Waals surface area (Å²) >= 11 is 0. The normalized spacial score (nSPS) is 31.0. The lowest BCUT2D eigenvalue weighted by Gasteiger charge is -2.36. The molecule has 2 atom stereocenters. The van der Waals surface area contributed by atoms with Gasteiger partial charge in [-0.15, -0.1) is 0 Å². The lowest BCUT2D eigenvalue weighted by atomic mass is 9.69. The smallest absolute Gasteiger partial charge is 0.0897 e. The summed E-state index contributed by atoms with van der Waals surface area (Å²) in [6.07, 6.45) is 14.3. The van der Waals surface area contributed by atoms with Gasteiger partial charge < -0.3 is 0 Å². The van der Waals surface area contributed by atoms with Gasteiger partial charge in [-0.2, -0.15) is 0 Å². The van der Waals surface area contributed by atoms with Gasteiger partial charge in [-0.1, -0.05) is 59.3 Å². The minimum absolute atomic E-state index is 0.176. The molecule has 2 fully saturated rings. The lowest BCUT2D eigenvalue weighted by Crippen LogP contribution is -2.25. The van der Waals surface area contributed by atoms with E-state index in [1.165, 1.54) is 51.4 Å². The molecule has 0 radical (unpaired) electrons. The first-order chi connectivity index (χ1) is 12.6. The second-order valence-electron chi connectivity index (χ2n) is 8.98. The predicted octanol–water partition coefficient (Wildman–Crippen LogP) is 8.06. The molecule has 2 rings (SSSR count). The molecule has 152 valence electrons. The van der Waals surface area contributed by atoms with Gasteiger partial charge in [-0.05, 0) is 81.5 Å². The molecule has 0 heterocycles. The van der Waals surface area contributed by atoms with Crippen molar-refractivity contribution in [3.63, 3.8) is 0 Å². The summed E-state index contributed by atoms with van der Waals surface area (Å²) in [5, 5.41) is 0. The number of rotatable bonds is 6. The molecule has 0 bridgehead atoms. The third-order valence-electron chi connectivity index (χ3n) is 6.73. The van der Waals surface area contributed by atoms with Gasteiger partial charge in [-0.25, -0.2) is 0 Å². The molecule has 0 N–H and O–H groups in total. The van der Waals surface area contributed by atoms with Gasteiger partial charge in [0.2, 0.25) is 0 Å². The van der Waals surface area contributed by atoms with Crippen LogP contribution >= 0.6 is 0 Å². The Morgan fingerprint density at radius 3 is 1.88 bits per heavy atom. The standard InChI is InChI=1S/C23H39F.C2H6/c1-18(4-5-20(3)16-17-24)6-9-21-10-14-23(15-11-21)22-12-7-19(2)8-13-22;1-2/h18-23H,4-5,7-8,10-17H2,1-3H3;1-2H3. The van der Waals surface area contributed by atoms with E-state index in [1.54, 1.807) is 0 Å². The van der Waals surface area contributed by atoms with Crippen molar-refractivity contribution in [2.45, 2.75) is 105 Å². The van der Waals surface area contributed by atoms with E-state index in [9.17, 15) is 4.39 Å². The van der Waals surface area contributed by atoms with Crippen LogP contribution < -0.4 is 0 Å². The van der Waals surface area contributed by atoms with Crippen LogP contribution in [0.1, 0.15) is 105 Å². The van der Waals surface area contributed by atoms with E-state index in [-0.39, 0.29) is 6.67 Å². The Balaban J connectivity index is 0.00000163. The highest BCUT2D eigenvalue weighted by Crippen LogP contribution is 2.41. The molecule has 0 nitrogen and oxygen atoms in total. The Morgan fingerprint density at radius 2 is 1.35 bits per heavy atom. The highest BCUT2D eigenvalue weighted by molar-refractivity contribution is 5.07. The molecule has 2 saturated carbocycles. The van der Waals surface area contributed by atoms with Crippen LogP contribution in [0.2, 0.25) is 0 Å². The lowest BCUT2D eigenvalue weighted by molar-refractivity contribution is 0.162. The number of alkyl halides is 1. The average molecular weight is 365 g/mol. The zero-order valence-corrected chi connectivity index (χ0v) is 18.3. The molecule has 2 unspecified atom stereocenters. The Kier molecular flexibility index (Phi) is 12.3. The van der Waals surface area contributed by atoms with E-state index in [2.05, 4.69) is 32.6 Å². The van der Waals surface area contributed by atoms with Crippen molar-refractivity contribution in [3.8, 4) is 11.8 Å². The molecule has 0 spiro atoms. The molecule has 0 amide bonds. The first-order valence-corrected chi connectivity index (χ1v) is 11.7. The maximum absolute atomic E-state index is 12.3. The number of hydrogen-bond donors (Lipinski definition) is 0. The largest absolute Gasteiger partial charge is 0.251 e. The van der Waals surface area contributed by atoms with E-state index < -0.39 is 0 Å². The fourth-order valence-corrected chi connectivity index (χ4v) is 4.69. The molecule has 1 heteroatoms. The Morgan fingerprint density at radius 1 is 0.808 bits per heavy atom. The Hall–Kier alpha value is -0.510. The van der Waals surface area contributed by atoms with E-state index in [1.807, 2.05) is 13.8 Å². The maximum atomic E-state index is 12.3. The van der Waals surface area contributed by atoms with Gasteiger partial charge in [0.1, 0.15) is 0 Å². The van der Waals surface area contributed by atoms with Gasteiger partial charge in [0.15, 0.2) is 0 Å². The van der Waals surface area contributed by atoms with Crippen LogP contribution in [-0.2, 0) is 0 Å². The highest BCUT2D eigenvalue weighted by atomic mass is 19.1. The molecular formula is C25H45F. The summed E-state index contributed by atoms with van der Waals surface area (Å²) in [5.74, 6) is 11.7. The van der Waals surface area contributed by atoms with Gasteiger partial charge in [0, 0.05) is 11.8 Å². The minimum atomic E-state index is -0.176. The van der Waals surface area contributed by atoms with Crippen molar-refractivity contribution in [1.82, 2.24) is 0 Å². The van der Waals surface area contributed by atoms with Gasteiger partial charge in [-0.3, -0.25) is 4.39 Å². The quantitative estimate of drug-likeness (QED) is 0.418. The van der Waals surface area contributed by atoms with E-state index in [4.69, 9.17) is 0 Å². The molecule has 2 aliphatic rings. The molecule has 0 aromatic heterocycles. The van der Waals surface area contributed by atoms with E-state index in [0.29, 0.717) is 24.2 Å². The third kappa shape index (κ3) is 8.92. The second kappa shape index (κ2) is 13.6. The van der Waals surface area contributed by atoms with Crippen LogP contribution in [-0.4, -0.2) is 6.67 Å². The minimum Gasteiger partial charge on any atom is -0.251 e. The van der Waals surface area contributed by atoms with Crippen LogP contribution in [0.3, 0.4) is 0 Å². The second-order valence-corrected chi connectivity index (χ2v) is 8.98. The van der Waals surface area contributed by atoms with E-state index >= 15 is 0 Å². The number of halogens is 1. The summed E-state index contributed by atoms with van der Waals surface area (Å²) in [5.41, 5.74) is 0. The van der Waals surface area contributed by atoms with Gasteiger partial charge >= 0.3 is 0 Å². The van der Waals surface area contributed by atoms with Gasteiger partial charge in [0.05, 0.1) is 6.67 Å². The maximum Gasteiger partial charge on any atom is 0.0897 e. The zero-order chi connectivity index (χ0) is 19.4. The predicted molar refractivity (Wildman–Crippen MR) is 114 cm³/mol. The first-order valence-electron chi connectivity index (χ1n) is 11.7. The van der Waals surface area contributed by atoms with Crippen LogP contribution in [0.15, 0.2) is 0 Å². The molecule has 2 aliphatic carbocycles. The van der Waals surface area contributed by atoms with Crippen molar-refractivity contribution >= 4 is 0 Å². The fourth-order valence-electron chi connectivity index (χ4n) is 4.69. The molecule has 0 aliphatic heterocycles. The Bertz CT molecular complexity index is 388. The summed E-state index contributed by atoms with van der Waals surface area (Å²) < 4.78 is 12.3. The fraction of sp³-hybridized carbons (Fsp3) is 0.920. The average Bonchev–Trinajstić information content (AvgIpc) is 2.68. The van der Waals surface area contributed by atoms with Crippen LogP contribution in [0.5, 0.6) is 0 Å². The van der Waals surface area contributed by atoms with Crippen LogP contribution in [0, 0.1) is 47.3 Å². The van der Waals surface area contributed by atoms with Crippen molar-refractivity contribution in [1.29, 1.82) is 0 Å². The summed E-state index contributed by atoms with van der Waals surface area (Å²) in [7, 11) is 0. The van der Waals surface area contributed by atoms with Crippen molar-refractivity contribution in [2.75, 3.05) is 6.67 Å². The molecule has 0 aromatic rings. The van der Waals surface area contributed by atoms with Crippen molar-refractivity contribution < 1.29 is 4.39 Å². The molecule has 0 aromatic carbocycles. The molecule has 26 heavy (non-hydrogen) atoms.